The fraction of sp³-hybridized carbons (Fsp3) is 0.320. The molecule has 36 heavy (non-hydrogen) atoms. The van der Waals surface area contributed by atoms with Crippen molar-refractivity contribution in [3.63, 3.8) is 0 Å². The second-order valence-electron chi connectivity index (χ2n) is 7.91. The Balaban J connectivity index is 1.65. The van der Waals surface area contributed by atoms with Gasteiger partial charge in [-0.25, -0.2) is 15.0 Å². The van der Waals surface area contributed by atoms with Crippen LogP contribution >= 0.6 is 0 Å². The fourth-order valence-electron chi connectivity index (χ4n) is 3.36. The van der Waals surface area contributed by atoms with Gasteiger partial charge < -0.3 is 15.4 Å². The number of methoxy groups -OCH3 is 1. The third kappa shape index (κ3) is 7.24. The van der Waals surface area contributed by atoms with Gasteiger partial charge in [-0.2, -0.15) is 13.2 Å². The second kappa shape index (κ2) is 12.1. The zero-order valence-corrected chi connectivity index (χ0v) is 19.8. The number of halogens is 3. The number of amides is 1. The van der Waals surface area contributed by atoms with E-state index in [0.717, 1.165) is 30.5 Å². The number of nitrogens with zero attached hydrogens (tertiary/aromatic N) is 3. The number of pyridine rings is 1. The number of alkyl halides is 3. The first kappa shape index (κ1) is 26.6. The molecule has 2 aromatic heterocycles. The average Bonchev–Trinajstić information content (AvgIpc) is 2.88. The summed E-state index contributed by atoms with van der Waals surface area (Å²) in [5, 5.41) is 5.93. The Hall–Kier alpha value is -4.02. The highest BCUT2D eigenvalue weighted by Gasteiger charge is 2.30. The number of anilines is 1. The van der Waals surface area contributed by atoms with Gasteiger partial charge in [0.2, 0.25) is 0 Å². The highest BCUT2D eigenvalue weighted by atomic mass is 19.4. The number of hydrogen-bond acceptors (Lipinski definition) is 7. The van der Waals surface area contributed by atoms with Crippen LogP contribution in [0.2, 0.25) is 0 Å². The van der Waals surface area contributed by atoms with E-state index in [1.807, 2.05) is 6.92 Å². The first-order valence-corrected chi connectivity index (χ1v) is 11.3. The molecule has 3 aromatic rings. The van der Waals surface area contributed by atoms with Crippen LogP contribution in [0.1, 0.15) is 53.7 Å². The van der Waals surface area contributed by atoms with Crippen molar-refractivity contribution in [2.75, 3.05) is 19.0 Å². The predicted molar refractivity (Wildman–Crippen MR) is 127 cm³/mol. The highest BCUT2D eigenvalue weighted by Crippen LogP contribution is 2.30. The summed E-state index contributed by atoms with van der Waals surface area (Å²) >= 11 is 0. The maximum Gasteiger partial charge on any atom is 0.416 e. The normalized spacial score (nSPS) is 12.0. The number of aromatic nitrogens is 3. The monoisotopic (exact) mass is 501 g/mol. The van der Waals surface area contributed by atoms with Crippen LogP contribution in [0, 0.1) is 0 Å². The van der Waals surface area contributed by atoms with Crippen molar-refractivity contribution in [3.05, 3.63) is 71.7 Å². The SMILES string of the molecule is CCCC(Nc1ccc(C(=O)NCCC(=O)OC)cn1)c1cnc(-c2ccc(C(F)(F)F)cc2)nc1. The number of carbonyl (C=O) groups excluding carboxylic acids is 2. The summed E-state index contributed by atoms with van der Waals surface area (Å²) in [4.78, 5) is 36.3. The molecule has 0 saturated heterocycles. The summed E-state index contributed by atoms with van der Waals surface area (Å²) in [6.45, 7) is 2.19. The molecular weight excluding hydrogens is 475 g/mol. The van der Waals surface area contributed by atoms with E-state index in [0.29, 0.717) is 22.8 Å². The lowest BCUT2D eigenvalue weighted by molar-refractivity contribution is -0.140. The smallest absolute Gasteiger partial charge is 0.416 e. The van der Waals surface area contributed by atoms with Crippen LogP contribution in [0.15, 0.2) is 55.0 Å². The lowest BCUT2D eigenvalue weighted by atomic mass is 10.1. The molecule has 8 nitrogen and oxygen atoms in total. The molecule has 190 valence electrons. The van der Waals surface area contributed by atoms with Crippen LogP contribution in [-0.2, 0) is 15.7 Å². The topological polar surface area (TPSA) is 106 Å². The minimum atomic E-state index is -4.40. The molecular formula is C25H26F3N5O3. The fourth-order valence-corrected chi connectivity index (χ4v) is 3.36. The molecule has 1 unspecified atom stereocenters. The first-order valence-electron chi connectivity index (χ1n) is 11.3. The van der Waals surface area contributed by atoms with Gasteiger partial charge in [0.15, 0.2) is 5.82 Å². The average molecular weight is 502 g/mol. The van der Waals surface area contributed by atoms with Gasteiger partial charge >= 0.3 is 12.1 Å². The maximum absolute atomic E-state index is 12.8. The van der Waals surface area contributed by atoms with Gasteiger partial charge in [-0.05, 0) is 30.7 Å². The van der Waals surface area contributed by atoms with Crippen molar-refractivity contribution in [3.8, 4) is 11.4 Å². The largest absolute Gasteiger partial charge is 0.469 e. The Morgan fingerprint density at radius 3 is 2.25 bits per heavy atom. The molecule has 1 amide bonds. The van der Waals surface area contributed by atoms with Crippen LogP contribution in [0.4, 0.5) is 19.0 Å². The minimum Gasteiger partial charge on any atom is -0.469 e. The van der Waals surface area contributed by atoms with Gasteiger partial charge in [0.25, 0.3) is 5.91 Å². The van der Waals surface area contributed by atoms with Crippen molar-refractivity contribution >= 4 is 17.7 Å². The van der Waals surface area contributed by atoms with E-state index < -0.39 is 17.7 Å². The highest BCUT2D eigenvalue weighted by molar-refractivity contribution is 5.94. The molecule has 2 heterocycles. The summed E-state index contributed by atoms with van der Waals surface area (Å²) in [5.41, 5.74) is 0.893. The predicted octanol–water partition coefficient (Wildman–Crippen LogP) is 4.80. The summed E-state index contributed by atoms with van der Waals surface area (Å²) in [5.74, 6) is 0.108. The summed E-state index contributed by atoms with van der Waals surface area (Å²) in [6.07, 6.45) is 1.99. The molecule has 1 aromatic carbocycles. The van der Waals surface area contributed by atoms with Gasteiger partial charge in [-0.3, -0.25) is 9.59 Å². The van der Waals surface area contributed by atoms with Gasteiger partial charge in [0, 0.05) is 36.3 Å². The molecule has 0 fully saturated rings. The lowest BCUT2D eigenvalue weighted by Gasteiger charge is -2.19. The zero-order chi connectivity index (χ0) is 26.1. The molecule has 0 saturated carbocycles. The molecule has 0 bridgehead atoms. The van der Waals surface area contributed by atoms with Crippen LogP contribution in [-0.4, -0.2) is 40.5 Å². The quantitative estimate of drug-likeness (QED) is 0.384. The van der Waals surface area contributed by atoms with E-state index in [-0.39, 0.29) is 24.9 Å². The Morgan fingerprint density at radius 2 is 1.69 bits per heavy atom. The van der Waals surface area contributed by atoms with Gasteiger partial charge in [0.05, 0.1) is 30.7 Å². The Labute approximate surface area is 206 Å². The van der Waals surface area contributed by atoms with Crippen molar-refractivity contribution in [1.82, 2.24) is 20.3 Å². The minimum absolute atomic E-state index is 0.0771. The third-order valence-corrected chi connectivity index (χ3v) is 5.31. The summed E-state index contributed by atoms with van der Waals surface area (Å²) in [7, 11) is 1.28. The van der Waals surface area contributed by atoms with E-state index in [1.165, 1.54) is 25.4 Å². The van der Waals surface area contributed by atoms with Crippen LogP contribution < -0.4 is 10.6 Å². The Morgan fingerprint density at radius 1 is 1.00 bits per heavy atom. The standard InChI is InChI=1S/C25H26F3N5O3/c1-3-4-20(33-21-10-7-17(13-30-21)24(35)29-12-11-22(34)36-2)18-14-31-23(32-15-18)16-5-8-19(9-6-16)25(26,27)28/h5-10,13-15,20H,3-4,11-12H2,1-2H3,(H,29,35)(H,30,33). The van der Waals surface area contributed by atoms with Crippen LogP contribution in [0.3, 0.4) is 0 Å². The number of carbonyl (C=O) groups is 2. The summed E-state index contributed by atoms with van der Waals surface area (Å²) in [6, 6.07) is 7.83. The van der Waals surface area contributed by atoms with E-state index in [9.17, 15) is 22.8 Å². The molecule has 0 aliphatic rings. The van der Waals surface area contributed by atoms with Crippen molar-refractivity contribution in [2.24, 2.45) is 0 Å². The van der Waals surface area contributed by atoms with Crippen molar-refractivity contribution in [1.29, 1.82) is 0 Å². The Bertz CT molecular complexity index is 1150. The number of benzene rings is 1. The number of nitrogens with one attached hydrogen (secondary N) is 2. The van der Waals surface area contributed by atoms with Crippen molar-refractivity contribution in [2.45, 2.75) is 38.4 Å². The maximum atomic E-state index is 12.8. The lowest BCUT2D eigenvalue weighted by Crippen LogP contribution is -2.26. The van der Waals surface area contributed by atoms with Gasteiger partial charge in [-0.1, -0.05) is 25.5 Å². The first-order chi connectivity index (χ1) is 17.2. The van der Waals surface area contributed by atoms with E-state index >= 15 is 0 Å². The molecule has 2 N–H and O–H groups in total. The molecule has 0 aliphatic heterocycles. The Kier molecular flexibility index (Phi) is 8.93. The molecule has 0 radical (unpaired) electrons. The number of esters is 1. The molecule has 0 aliphatic carbocycles. The molecule has 3 rings (SSSR count). The molecule has 1 atom stereocenters. The van der Waals surface area contributed by atoms with Crippen LogP contribution in [0.5, 0.6) is 0 Å². The second-order valence-corrected chi connectivity index (χ2v) is 7.91. The van der Waals surface area contributed by atoms with Gasteiger partial charge in [-0.15, -0.1) is 0 Å². The summed E-state index contributed by atoms with van der Waals surface area (Å²) < 4.78 is 42.9. The number of ether oxygens (including phenoxy) is 1. The third-order valence-electron chi connectivity index (χ3n) is 5.31. The van der Waals surface area contributed by atoms with Crippen molar-refractivity contribution < 1.29 is 27.5 Å². The van der Waals surface area contributed by atoms with E-state index in [1.54, 1.807) is 24.5 Å². The van der Waals surface area contributed by atoms with Crippen LogP contribution in [0.25, 0.3) is 11.4 Å². The number of rotatable bonds is 10. The van der Waals surface area contributed by atoms with Gasteiger partial charge in [0.1, 0.15) is 5.82 Å². The molecule has 0 spiro atoms. The molecule has 11 heteroatoms. The zero-order valence-electron chi connectivity index (χ0n) is 19.8. The number of hydrogen-bond donors (Lipinski definition) is 2. The van der Waals surface area contributed by atoms with E-state index in [2.05, 4.69) is 30.3 Å². The van der Waals surface area contributed by atoms with E-state index in [4.69, 9.17) is 0 Å².